The van der Waals surface area contributed by atoms with Gasteiger partial charge in [0.15, 0.2) is 0 Å². The first-order valence-corrected chi connectivity index (χ1v) is 6.70. The molecule has 1 fully saturated rings. The largest absolute Gasteiger partial charge is 0.333 e. The Balaban J connectivity index is 2.43. The van der Waals surface area contributed by atoms with Gasteiger partial charge < -0.3 is 15.5 Å². The first-order valence-electron chi connectivity index (χ1n) is 6.70. The zero-order valence-electron chi connectivity index (χ0n) is 11.7. The molecule has 4 nitrogen and oxygen atoms in total. The summed E-state index contributed by atoms with van der Waals surface area (Å²) in [7, 11) is 0. The average molecular weight is 241 g/mol. The maximum atomic E-state index is 12.1. The highest BCUT2D eigenvalue weighted by molar-refractivity contribution is 5.74. The van der Waals surface area contributed by atoms with Crippen LogP contribution in [0.15, 0.2) is 0 Å². The standard InChI is InChI=1S/C13H27N3O/c1-5-16(12(17)15-13(2,3)4)10-11-6-8-14-9-7-11/h11,14H,5-10H2,1-4H3,(H,15,17). The molecule has 0 aromatic carbocycles. The maximum absolute atomic E-state index is 12.1. The lowest BCUT2D eigenvalue weighted by molar-refractivity contribution is 0.175. The van der Waals surface area contributed by atoms with Gasteiger partial charge in [-0.1, -0.05) is 0 Å². The minimum atomic E-state index is -0.154. The lowest BCUT2D eigenvalue weighted by Gasteiger charge is -2.32. The van der Waals surface area contributed by atoms with Crippen LogP contribution in [0.2, 0.25) is 0 Å². The van der Waals surface area contributed by atoms with Crippen molar-refractivity contribution in [2.75, 3.05) is 26.2 Å². The number of piperidine rings is 1. The van der Waals surface area contributed by atoms with Crippen LogP contribution in [-0.4, -0.2) is 42.6 Å². The summed E-state index contributed by atoms with van der Waals surface area (Å²) in [6.45, 7) is 11.9. The molecule has 2 amide bonds. The van der Waals surface area contributed by atoms with Crippen LogP contribution in [0.4, 0.5) is 4.79 Å². The van der Waals surface area contributed by atoms with Gasteiger partial charge in [-0.15, -0.1) is 0 Å². The summed E-state index contributed by atoms with van der Waals surface area (Å²) in [5.74, 6) is 0.655. The van der Waals surface area contributed by atoms with E-state index in [0.29, 0.717) is 5.92 Å². The molecule has 0 saturated carbocycles. The molecule has 0 unspecified atom stereocenters. The Bertz CT molecular complexity index is 242. The van der Waals surface area contributed by atoms with E-state index in [4.69, 9.17) is 0 Å². The molecule has 0 aromatic heterocycles. The van der Waals surface area contributed by atoms with Crippen molar-refractivity contribution in [1.29, 1.82) is 0 Å². The predicted octanol–water partition coefficient (Wildman–Crippen LogP) is 1.82. The normalized spacial score (nSPS) is 17.9. The molecule has 0 bridgehead atoms. The van der Waals surface area contributed by atoms with Gasteiger partial charge in [-0.2, -0.15) is 0 Å². The second-order valence-corrected chi connectivity index (χ2v) is 5.91. The van der Waals surface area contributed by atoms with Crippen molar-refractivity contribution >= 4 is 6.03 Å². The van der Waals surface area contributed by atoms with Gasteiger partial charge in [0.25, 0.3) is 0 Å². The number of rotatable bonds is 3. The highest BCUT2D eigenvalue weighted by Gasteiger charge is 2.22. The highest BCUT2D eigenvalue weighted by atomic mass is 16.2. The van der Waals surface area contributed by atoms with Gasteiger partial charge in [0.2, 0.25) is 0 Å². The number of nitrogens with zero attached hydrogens (tertiary/aromatic N) is 1. The van der Waals surface area contributed by atoms with E-state index < -0.39 is 0 Å². The van der Waals surface area contributed by atoms with Crippen molar-refractivity contribution in [2.24, 2.45) is 5.92 Å². The fraction of sp³-hybridized carbons (Fsp3) is 0.923. The first-order chi connectivity index (χ1) is 7.92. The van der Waals surface area contributed by atoms with Crippen molar-refractivity contribution in [1.82, 2.24) is 15.5 Å². The van der Waals surface area contributed by atoms with Crippen LogP contribution >= 0.6 is 0 Å². The van der Waals surface area contributed by atoms with Crippen LogP contribution in [0.3, 0.4) is 0 Å². The monoisotopic (exact) mass is 241 g/mol. The molecule has 1 saturated heterocycles. The lowest BCUT2D eigenvalue weighted by atomic mass is 9.97. The molecule has 2 N–H and O–H groups in total. The summed E-state index contributed by atoms with van der Waals surface area (Å²) in [5.41, 5.74) is -0.154. The summed E-state index contributed by atoms with van der Waals surface area (Å²) < 4.78 is 0. The summed E-state index contributed by atoms with van der Waals surface area (Å²) in [6, 6.07) is 0.0681. The second kappa shape index (κ2) is 6.24. The van der Waals surface area contributed by atoms with Gasteiger partial charge in [-0.3, -0.25) is 0 Å². The fourth-order valence-corrected chi connectivity index (χ4v) is 2.13. The van der Waals surface area contributed by atoms with Gasteiger partial charge in [0.05, 0.1) is 0 Å². The molecule has 0 aromatic rings. The molecule has 0 atom stereocenters. The van der Waals surface area contributed by atoms with Gasteiger partial charge in [-0.05, 0) is 59.5 Å². The number of carbonyl (C=O) groups excluding carboxylic acids is 1. The molecule has 0 radical (unpaired) electrons. The van der Waals surface area contributed by atoms with Crippen LogP contribution < -0.4 is 10.6 Å². The third-order valence-corrected chi connectivity index (χ3v) is 3.09. The van der Waals surface area contributed by atoms with E-state index in [2.05, 4.69) is 10.6 Å². The topological polar surface area (TPSA) is 44.4 Å². The summed E-state index contributed by atoms with van der Waals surface area (Å²) in [6.07, 6.45) is 2.36. The molecule has 0 aliphatic carbocycles. The molecule has 100 valence electrons. The van der Waals surface area contributed by atoms with E-state index in [0.717, 1.165) is 26.2 Å². The Morgan fingerprint density at radius 1 is 1.35 bits per heavy atom. The molecule has 0 spiro atoms. The smallest absolute Gasteiger partial charge is 0.317 e. The van der Waals surface area contributed by atoms with Gasteiger partial charge in [0, 0.05) is 18.6 Å². The number of amides is 2. The Labute approximate surface area is 105 Å². The molecular weight excluding hydrogens is 214 g/mol. The molecule has 4 heteroatoms. The van der Waals surface area contributed by atoms with Crippen molar-refractivity contribution in [2.45, 2.75) is 46.1 Å². The van der Waals surface area contributed by atoms with Crippen LogP contribution in [0.5, 0.6) is 0 Å². The quantitative estimate of drug-likeness (QED) is 0.791. The van der Waals surface area contributed by atoms with Crippen molar-refractivity contribution in [3.8, 4) is 0 Å². The van der Waals surface area contributed by atoms with Crippen molar-refractivity contribution < 1.29 is 4.79 Å². The molecule has 1 aliphatic heterocycles. The van der Waals surface area contributed by atoms with Crippen LogP contribution in [0, 0.1) is 5.92 Å². The Hall–Kier alpha value is -0.770. The lowest BCUT2D eigenvalue weighted by Crippen LogP contribution is -2.50. The Morgan fingerprint density at radius 3 is 2.41 bits per heavy atom. The van der Waals surface area contributed by atoms with E-state index >= 15 is 0 Å². The van der Waals surface area contributed by atoms with E-state index in [1.807, 2.05) is 32.6 Å². The van der Waals surface area contributed by atoms with Gasteiger partial charge in [-0.25, -0.2) is 4.79 Å². The van der Waals surface area contributed by atoms with E-state index in [-0.39, 0.29) is 11.6 Å². The highest BCUT2D eigenvalue weighted by Crippen LogP contribution is 2.14. The second-order valence-electron chi connectivity index (χ2n) is 5.91. The summed E-state index contributed by atoms with van der Waals surface area (Å²) in [4.78, 5) is 14.0. The van der Waals surface area contributed by atoms with Crippen LogP contribution in [0.1, 0.15) is 40.5 Å². The summed E-state index contributed by atoms with van der Waals surface area (Å²) in [5, 5.41) is 6.39. The van der Waals surface area contributed by atoms with Crippen LogP contribution in [0.25, 0.3) is 0 Å². The molecule has 1 rings (SSSR count). The van der Waals surface area contributed by atoms with Gasteiger partial charge >= 0.3 is 6.03 Å². The maximum Gasteiger partial charge on any atom is 0.317 e. The molecular formula is C13H27N3O. The van der Waals surface area contributed by atoms with E-state index in [1.165, 1.54) is 12.8 Å². The minimum absolute atomic E-state index is 0.0681. The van der Waals surface area contributed by atoms with Crippen LogP contribution in [-0.2, 0) is 0 Å². The molecule has 1 heterocycles. The SMILES string of the molecule is CCN(CC1CCNCC1)C(=O)NC(C)(C)C. The number of hydrogen-bond donors (Lipinski definition) is 2. The third kappa shape index (κ3) is 5.39. The predicted molar refractivity (Wildman–Crippen MR) is 71.1 cm³/mol. The third-order valence-electron chi connectivity index (χ3n) is 3.09. The molecule has 1 aliphatic rings. The zero-order valence-corrected chi connectivity index (χ0v) is 11.7. The summed E-state index contributed by atoms with van der Waals surface area (Å²) >= 11 is 0. The number of hydrogen-bond acceptors (Lipinski definition) is 2. The van der Waals surface area contributed by atoms with Gasteiger partial charge in [0.1, 0.15) is 0 Å². The Kier molecular flexibility index (Phi) is 5.25. The zero-order chi connectivity index (χ0) is 12.9. The van der Waals surface area contributed by atoms with E-state index in [9.17, 15) is 4.79 Å². The minimum Gasteiger partial charge on any atom is -0.333 e. The fourth-order valence-electron chi connectivity index (χ4n) is 2.13. The number of nitrogens with one attached hydrogen (secondary N) is 2. The average Bonchev–Trinajstić information content (AvgIpc) is 2.24. The number of carbonyl (C=O) groups is 1. The number of urea groups is 1. The van der Waals surface area contributed by atoms with Crippen molar-refractivity contribution in [3.63, 3.8) is 0 Å². The van der Waals surface area contributed by atoms with E-state index in [1.54, 1.807) is 0 Å². The first kappa shape index (κ1) is 14.3. The Morgan fingerprint density at radius 2 is 1.94 bits per heavy atom. The van der Waals surface area contributed by atoms with Crippen molar-refractivity contribution in [3.05, 3.63) is 0 Å². The molecule has 17 heavy (non-hydrogen) atoms.